The maximum Gasteiger partial charge on any atom is 0.306 e. The number of hydrogen-bond donors (Lipinski definition) is 0. The highest BCUT2D eigenvalue weighted by molar-refractivity contribution is 5.69. The Morgan fingerprint density at radius 2 is 0.951 bits per heavy atom. The number of esters is 1. The Bertz CT molecular complexity index is 610. The van der Waals surface area contributed by atoms with E-state index in [1.165, 1.54) is 89.9 Å². The van der Waals surface area contributed by atoms with Gasteiger partial charge in [0, 0.05) is 6.42 Å². The summed E-state index contributed by atoms with van der Waals surface area (Å²) in [5.74, 6) is 0.465. The molecule has 0 aromatic rings. The minimum Gasteiger partial charge on any atom is -0.462 e. The molecule has 0 saturated carbocycles. The lowest BCUT2D eigenvalue weighted by Crippen LogP contribution is -2.28. The number of carbonyl (C=O) groups excluding carboxylic acids is 1. The highest BCUT2D eigenvalue weighted by Crippen LogP contribution is 2.27. The second kappa shape index (κ2) is 31.6. The molecule has 0 spiro atoms. The fraction of sp³-hybridized carbons (Fsp3) is 0.816. The van der Waals surface area contributed by atoms with Gasteiger partial charge >= 0.3 is 5.97 Å². The molecule has 0 rings (SSSR count). The molecule has 0 aliphatic rings. The van der Waals surface area contributed by atoms with Crippen LogP contribution in [0.15, 0.2) is 36.5 Å². The van der Waals surface area contributed by atoms with Crippen LogP contribution in [0.5, 0.6) is 0 Å². The number of allylic oxidation sites excluding steroid dienone is 6. The second-order valence-corrected chi connectivity index (χ2v) is 12.4. The van der Waals surface area contributed by atoms with E-state index < -0.39 is 0 Å². The van der Waals surface area contributed by atoms with Crippen LogP contribution < -0.4 is 0 Å². The summed E-state index contributed by atoms with van der Waals surface area (Å²) in [5.41, 5.74) is 0. The Balaban J connectivity index is 5.11. The predicted octanol–water partition coefficient (Wildman–Crippen LogP) is 11.8. The van der Waals surface area contributed by atoms with Gasteiger partial charge in [0.25, 0.3) is 0 Å². The Morgan fingerprint density at radius 3 is 1.34 bits per heavy atom. The number of unbranched alkanes of at least 4 members (excludes halogenated alkanes) is 12. The van der Waals surface area contributed by atoms with E-state index in [0.717, 1.165) is 57.9 Å². The van der Waals surface area contributed by atoms with Crippen LogP contribution in [0.3, 0.4) is 0 Å². The van der Waals surface area contributed by atoms with E-state index in [-0.39, 0.29) is 12.1 Å². The fourth-order valence-electron chi connectivity index (χ4n) is 5.35. The maximum absolute atomic E-state index is 12.9. The van der Waals surface area contributed by atoms with Crippen LogP contribution in [0.2, 0.25) is 0 Å². The summed E-state index contributed by atoms with van der Waals surface area (Å²) >= 11 is 0. The van der Waals surface area contributed by atoms with Gasteiger partial charge in [0.15, 0.2) is 0 Å². The molecule has 0 saturated heterocycles. The molecule has 0 N–H and O–H groups in total. The molecule has 0 aliphatic carbocycles. The van der Waals surface area contributed by atoms with Crippen molar-refractivity contribution in [1.82, 2.24) is 4.90 Å². The van der Waals surface area contributed by atoms with Crippen LogP contribution >= 0.6 is 0 Å². The highest BCUT2D eigenvalue weighted by atomic mass is 16.5. The average molecular weight is 574 g/mol. The Hall–Kier alpha value is -1.35. The predicted molar refractivity (Wildman–Crippen MR) is 183 cm³/mol. The van der Waals surface area contributed by atoms with Gasteiger partial charge in [0.2, 0.25) is 0 Å². The summed E-state index contributed by atoms with van der Waals surface area (Å²) in [4.78, 5) is 15.0. The van der Waals surface area contributed by atoms with Crippen LogP contribution in [0.4, 0.5) is 0 Å². The lowest BCUT2D eigenvalue weighted by molar-refractivity contribution is -0.153. The van der Waals surface area contributed by atoms with Gasteiger partial charge in [-0.05, 0) is 129 Å². The van der Waals surface area contributed by atoms with Crippen molar-refractivity contribution in [2.24, 2.45) is 5.92 Å². The molecule has 0 aromatic heterocycles. The molecule has 0 radical (unpaired) electrons. The zero-order chi connectivity index (χ0) is 30.2. The molecule has 0 heterocycles. The molecule has 3 nitrogen and oxygen atoms in total. The van der Waals surface area contributed by atoms with Crippen LogP contribution in [0.1, 0.15) is 168 Å². The van der Waals surface area contributed by atoms with Crippen LogP contribution in [0, 0.1) is 5.92 Å². The van der Waals surface area contributed by atoms with E-state index in [1.807, 2.05) is 0 Å². The standard InChI is InChI=1S/C38H71NO2/c1-6-9-12-15-18-21-24-27-31-36(32-28-25-22-19-16-13-10-7-2)37(41-38(40)34-30-35-39(4)5)33-29-26-23-20-17-14-11-8-3/h18-23,36-37H,6-17,24-35H2,1-5H3. The van der Waals surface area contributed by atoms with Crippen molar-refractivity contribution in [3.05, 3.63) is 36.5 Å². The summed E-state index contributed by atoms with van der Waals surface area (Å²) in [5, 5.41) is 0. The van der Waals surface area contributed by atoms with Crippen LogP contribution in [0.25, 0.3) is 0 Å². The van der Waals surface area contributed by atoms with E-state index in [0.29, 0.717) is 12.3 Å². The minimum atomic E-state index is 0.00333. The maximum atomic E-state index is 12.9. The van der Waals surface area contributed by atoms with Crippen molar-refractivity contribution >= 4 is 5.97 Å². The van der Waals surface area contributed by atoms with Crippen molar-refractivity contribution in [3.63, 3.8) is 0 Å². The summed E-state index contributed by atoms with van der Waals surface area (Å²) in [7, 11) is 4.13. The molecule has 41 heavy (non-hydrogen) atoms. The monoisotopic (exact) mass is 574 g/mol. The molecule has 0 aromatic carbocycles. The number of carbonyl (C=O) groups is 1. The van der Waals surface area contributed by atoms with Crippen molar-refractivity contribution < 1.29 is 9.53 Å². The molecule has 0 aliphatic heterocycles. The van der Waals surface area contributed by atoms with Gasteiger partial charge in [0.05, 0.1) is 0 Å². The first-order valence-electron chi connectivity index (χ1n) is 17.8. The fourth-order valence-corrected chi connectivity index (χ4v) is 5.35. The third-order valence-electron chi connectivity index (χ3n) is 7.97. The number of hydrogen-bond acceptors (Lipinski definition) is 3. The van der Waals surface area contributed by atoms with E-state index in [2.05, 4.69) is 76.2 Å². The molecule has 3 heteroatoms. The molecule has 1 atom stereocenters. The van der Waals surface area contributed by atoms with Gasteiger partial charge in [-0.2, -0.15) is 0 Å². The van der Waals surface area contributed by atoms with Crippen molar-refractivity contribution in [2.75, 3.05) is 20.6 Å². The lowest BCUT2D eigenvalue weighted by atomic mass is 9.87. The van der Waals surface area contributed by atoms with Crippen LogP contribution in [-0.4, -0.2) is 37.6 Å². The van der Waals surface area contributed by atoms with Gasteiger partial charge in [-0.25, -0.2) is 0 Å². The number of rotatable bonds is 30. The minimum absolute atomic E-state index is 0.00333. The van der Waals surface area contributed by atoms with Crippen LogP contribution in [-0.2, 0) is 9.53 Å². The first kappa shape index (κ1) is 39.6. The molecular formula is C38H71NO2. The summed E-state index contributed by atoms with van der Waals surface area (Å²) < 4.78 is 6.28. The third kappa shape index (κ3) is 28.5. The SMILES string of the molecule is CCCCCC=CCCCC(CCCC=CCCCCC)C(CCCC=CCCCCC)OC(=O)CCCN(C)C. The molecule has 0 bridgehead atoms. The normalized spacial score (nSPS) is 13.7. The summed E-state index contributed by atoms with van der Waals surface area (Å²) in [6.45, 7) is 7.72. The average Bonchev–Trinajstić information content (AvgIpc) is 2.95. The largest absolute Gasteiger partial charge is 0.462 e. The molecule has 240 valence electrons. The highest BCUT2D eigenvalue weighted by Gasteiger charge is 2.24. The van der Waals surface area contributed by atoms with E-state index in [9.17, 15) is 4.79 Å². The third-order valence-corrected chi connectivity index (χ3v) is 7.97. The summed E-state index contributed by atoms with van der Waals surface area (Å²) in [6.07, 6.45) is 41.2. The Morgan fingerprint density at radius 1 is 0.561 bits per heavy atom. The first-order chi connectivity index (χ1) is 20.0. The molecule has 0 amide bonds. The number of nitrogens with zero attached hydrogens (tertiary/aromatic N) is 1. The van der Waals surface area contributed by atoms with Crippen molar-refractivity contribution in [1.29, 1.82) is 0 Å². The summed E-state index contributed by atoms with van der Waals surface area (Å²) in [6, 6.07) is 0. The van der Waals surface area contributed by atoms with Crippen molar-refractivity contribution in [2.45, 2.75) is 175 Å². The Kier molecular flexibility index (Phi) is 30.5. The first-order valence-corrected chi connectivity index (χ1v) is 17.8. The van der Waals surface area contributed by atoms with Gasteiger partial charge < -0.3 is 9.64 Å². The van der Waals surface area contributed by atoms with E-state index in [4.69, 9.17) is 4.74 Å². The smallest absolute Gasteiger partial charge is 0.306 e. The zero-order valence-electron chi connectivity index (χ0n) is 28.4. The van der Waals surface area contributed by atoms with Gasteiger partial charge in [0.1, 0.15) is 6.10 Å². The van der Waals surface area contributed by atoms with Crippen molar-refractivity contribution in [3.8, 4) is 0 Å². The molecular weight excluding hydrogens is 502 g/mol. The molecule has 0 fully saturated rings. The van der Waals surface area contributed by atoms with Gasteiger partial charge in [-0.1, -0.05) is 95.8 Å². The molecule has 1 unspecified atom stereocenters. The second-order valence-electron chi connectivity index (χ2n) is 12.4. The Labute approximate surface area is 257 Å². The van der Waals surface area contributed by atoms with Gasteiger partial charge in [-0.15, -0.1) is 0 Å². The zero-order valence-corrected chi connectivity index (χ0v) is 28.4. The van der Waals surface area contributed by atoms with E-state index >= 15 is 0 Å². The lowest BCUT2D eigenvalue weighted by Gasteiger charge is -2.27. The quantitative estimate of drug-likeness (QED) is 0.0486. The topological polar surface area (TPSA) is 29.5 Å². The van der Waals surface area contributed by atoms with Gasteiger partial charge in [-0.3, -0.25) is 4.79 Å². The number of ether oxygens (including phenoxy) is 1. The van der Waals surface area contributed by atoms with E-state index in [1.54, 1.807) is 0 Å².